The molecule has 2 aromatic heterocycles. The summed E-state index contributed by atoms with van der Waals surface area (Å²) < 4.78 is 15.8. The minimum absolute atomic E-state index is 0.212. The second-order valence-electron chi connectivity index (χ2n) is 7.11. The van der Waals surface area contributed by atoms with Crippen molar-refractivity contribution in [3.63, 3.8) is 0 Å². The molecular formula is C22H20FN5O2. The summed E-state index contributed by atoms with van der Waals surface area (Å²) in [4.78, 5) is 25.4. The SMILES string of the molecule is Cc1ccc(CNC(=O)Cn2nc(C)c3cnn(-c4ccc(F)cc4)c3c2=O)cc1. The van der Waals surface area contributed by atoms with Gasteiger partial charge in [0.1, 0.15) is 17.9 Å². The second-order valence-corrected chi connectivity index (χ2v) is 7.11. The zero-order valence-electron chi connectivity index (χ0n) is 16.6. The van der Waals surface area contributed by atoms with Crippen LogP contribution in [0.15, 0.2) is 59.5 Å². The van der Waals surface area contributed by atoms with Gasteiger partial charge in [0, 0.05) is 11.9 Å². The molecule has 0 bridgehead atoms. The number of rotatable bonds is 5. The van der Waals surface area contributed by atoms with Crippen molar-refractivity contribution in [2.45, 2.75) is 26.9 Å². The molecular weight excluding hydrogens is 385 g/mol. The van der Waals surface area contributed by atoms with E-state index in [0.29, 0.717) is 28.8 Å². The molecule has 4 aromatic rings. The number of benzene rings is 2. The minimum atomic E-state index is -0.442. The third-order valence-electron chi connectivity index (χ3n) is 4.84. The maximum absolute atomic E-state index is 13.3. The average molecular weight is 405 g/mol. The number of nitrogens with zero attached hydrogens (tertiary/aromatic N) is 4. The van der Waals surface area contributed by atoms with Crippen LogP contribution >= 0.6 is 0 Å². The smallest absolute Gasteiger partial charge is 0.293 e. The Morgan fingerprint density at radius 2 is 1.77 bits per heavy atom. The van der Waals surface area contributed by atoms with Gasteiger partial charge in [-0.2, -0.15) is 10.2 Å². The summed E-state index contributed by atoms with van der Waals surface area (Å²) in [6, 6.07) is 13.5. The number of hydrogen-bond acceptors (Lipinski definition) is 4. The molecule has 8 heteroatoms. The third kappa shape index (κ3) is 3.84. The fourth-order valence-electron chi connectivity index (χ4n) is 3.21. The Kier molecular flexibility index (Phi) is 5.14. The maximum Gasteiger partial charge on any atom is 0.293 e. The number of carbonyl (C=O) groups excluding carboxylic acids is 1. The van der Waals surface area contributed by atoms with E-state index in [0.717, 1.165) is 15.8 Å². The van der Waals surface area contributed by atoms with Gasteiger partial charge in [0.2, 0.25) is 5.91 Å². The molecule has 0 aliphatic carbocycles. The molecule has 2 heterocycles. The zero-order valence-corrected chi connectivity index (χ0v) is 16.6. The van der Waals surface area contributed by atoms with Crippen LogP contribution in [-0.2, 0) is 17.9 Å². The number of halogens is 1. The summed E-state index contributed by atoms with van der Waals surface area (Å²) in [5.74, 6) is -0.701. The molecule has 0 saturated carbocycles. The fourth-order valence-corrected chi connectivity index (χ4v) is 3.21. The normalized spacial score (nSPS) is 11.0. The topological polar surface area (TPSA) is 81.8 Å². The predicted octanol–water partition coefficient (Wildman–Crippen LogP) is 2.65. The van der Waals surface area contributed by atoms with Crippen LogP contribution in [0.4, 0.5) is 4.39 Å². The Hall–Kier alpha value is -3.81. The van der Waals surface area contributed by atoms with E-state index >= 15 is 0 Å². The molecule has 0 unspecified atom stereocenters. The number of aromatic nitrogens is 4. The summed E-state index contributed by atoms with van der Waals surface area (Å²) in [7, 11) is 0. The molecule has 0 atom stereocenters. The quantitative estimate of drug-likeness (QED) is 0.554. The lowest BCUT2D eigenvalue weighted by molar-refractivity contribution is -0.122. The highest BCUT2D eigenvalue weighted by Gasteiger charge is 2.16. The van der Waals surface area contributed by atoms with Crippen molar-refractivity contribution in [2.75, 3.05) is 0 Å². The Bertz CT molecular complexity index is 1270. The van der Waals surface area contributed by atoms with Gasteiger partial charge in [0.05, 0.1) is 17.6 Å². The number of aryl methyl sites for hydroxylation is 2. The summed E-state index contributed by atoms with van der Waals surface area (Å²) in [6.07, 6.45) is 1.55. The Labute approximate surface area is 171 Å². The van der Waals surface area contributed by atoms with Gasteiger partial charge in [-0.3, -0.25) is 9.59 Å². The first kappa shape index (κ1) is 19.5. The van der Waals surface area contributed by atoms with Gasteiger partial charge in [-0.05, 0) is 43.7 Å². The largest absolute Gasteiger partial charge is 0.350 e. The molecule has 0 aliphatic rings. The van der Waals surface area contributed by atoms with Gasteiger partial charge in [-0.1, -0.05) is 29.8 Å². The van der Waals surface area contributed by atoms with Crippen molar-refractivity contribution in [1.82, 2.24) is 24.9 Å². The van der Waals surface area contributed by atoms with Crippen molar-refractivity contribution in [1.29, 1.82) is 0 Å². The van der Waals surface area contributed by atoms with Crippen LogP contribution in [0.2, 0.25) is 0 Å². The first-order valence-electron chi connectivity index (χ1n) is 9.46. The van der Waals surface area contributed by atoms with Crippen LogP contribution in [0.1, 0.15) is 16.8 Å². The van der Waals surface area contributed by atoms with Crippen LogP contribution in [0.5, 0.6) is 0 Å². The third-order valence-corrected chi connectivity index (χ3v) is 4.84. The standard InChI is InChI=1S/C22H20FN5O2/c1-14-3-5-16(6-4-14)11-24-20(29)13-27-22(30)21-19(15(2)26-27)12-25-28(21)18-9-7-17(23)8-10-18/h3-10,12H,11,13H2,1-2H3,(H,24,29). The summed E-state index contributed by atoms with van der Waals surface area (Å²) in [5, 5.41) is 11.9. The van der Waals surface area contributed by atoms with E-state index in [-0.39, 0.29) is 18.3 Å². The maximum atomic E-state index is 13.3. The van der Waals surface area contributed by atoms with Gasteiger partial charge in [-0.25, -0.2) is 13.8 Å². The first-order chi connectivity index (χ1) is 14.4. The Morgan fingerprint density at radius 1 is 1.07 bits per heavy atom. The Morgan fingerprint density at radius 3 is 2.47 bits per heavy atom. The first-order valence-corrected chi connectivity index (χ1v) is 9.46. The molecule has 1 amide bonds. The highest BCUT2D eigenvalue weighted by molar-refractivity contribution is 5.82. The van der Waals surface area contributed by atoms with E-state index in [1.165, 1.54) is 28.9 Å². The average Bonchev–Trinajstić information content (AvgIpc) is 3.18. The van der Waals surface area contributed by atoms with Crippen LogP contribution in [0, 0.1) is 19.7 Å². The summed E-state index contributed by atoms with van der Waals surface area (Å²) in [5.41, 5.74) is 3.08. The van der Waals surface area contributed by atoms with Gasteiger partial charge in [-0.15, -0.1) is 0 Å². The molecule has 0 saturated heterocycles. The molecule has 152 valence electrons. The van der Waals surface area contributed by atoms with Crippen molar-refractivity contribution < 1.29 is 9.18 Å². The van der Waals surface area contributed by atoms with Gasteiger partial charge < -0.3 is 5.32 Å². The number of nitrogens with one attached hydrogen (secondary N) is 1. The highest BCUT2D eigenvalue weighted by Crippen LogP contribution is 2.17. The molecule has 4 rings (SSSR count). The van der Waals surface area contributed by atoms with Gasteiger partial charge >= 0.3 is 0 Å². The lowest BCUT2D eigenvalue weighted by Gasteiger charge is -2.09. The second kappa shape index (κ2) is 7.90. The predicted molar refractivity (Wildman–Crippen MR) is 111 cm³/mol. The molecule has 7 nitrogen and oxygen atoms in total. The van der Waals surface area contributed by atoms with E-state index in [1.807, 2.05) is 31.2 Å². The molecule has 1 N–H and O–H groups in total. The number of fused-ring (bicyclic) bond motifs is 1. The number of hydrogen-bond donors (Lipinski definition) is 1. The molecule has 0 radical (unpaired) electrons. The minimum Gasteiger partial charge on any atom is -0.350 e. The monoisotopic (exact) mass is 405 g/mol. The fraction of sp³-hybridized carbons (Fsp3) is 0.182. The van der Waals surface area contributed by atoms with Crippen LogP contribution in [-0.4, -0.2) is 25.5 Å². The lowest BCUT2D eigenvalue weighted by atomic mass is 10.1. The van der Waals surface area contributed by atoms with E-state index in [2.05, 4.69) is 15.5 Å². The van der Waals surface area contributed by atoms with E-state index in [1.54, 1.807) is 13.1 Å². The number of carbonyl (C=O) groups is 1. The lowest BCUT2D eigenvalue weighted by Crippen LogP contribution is -2.34. The molecule has 0 spiro atoms. The molecule has 0 aliphatic heterocycles. The number of amides is 1. The zero-order chi connectivity index (χ0) is 21.3. The molecule has 2 aromatic carbocycles. The van der Waals surface area contributed by atoms with Gasteiger partial charge in [0.15, 0.2) is 0 Å². The van der Waals surface area contributed by atoms with Crippen molar-refractivity contribution in [2.24, 2.45) is 0 Å². The molecule has 0 fully saturated rings. The Balaban J connectivity index is 1.61. The van der Waals surface area contributed by atoms with Crippen molar-refractivity contribution in [3.05, 3.63) is 87.7 Å². The van der Waals surface area contributed by atoms with E-state index < -0.39 is 5.56 Å². The van der Waals surface area contributed by atoms with Crippen LogP contribution < -0.4 is 10.9 Å². The van der Waals surface area contributed by atoms with Gasteiger partial charge in [0.25, 0.3) is 5.56 Å². The van der Waals surface area contributed by atoms with Crippen molar-refractivity contribution >= 4 is 16.8 Å². The van der Waals surface area contributed by atoms with E-state index in [9.17, 15) is 14.0 Å². The van der Waals surface area contributed by atoms with E-state index in [4.69, 9.17) is 0 Å². The summed E-state index contributed by atoms with van der Waals surface area (Å²) >= 11 is 0. The highest BCUT2D eigenvalue weighted by atomic mass is 19.1. The van der Waals surface area contributed by atoms with Crippen LogP contribution in [0.25, 0.3) is 16.6 Å². The summed E-state index contributed by atoms with van der Waals surface area (Å²) in [6.45, 7) is 3.90. The van der Waals surface area contributed by atoms with Crippen LogP contribution in [0.3, 0.4) is 0 Å². The molecule has 30 heavy (non-hydrogen) atoms. The van der Waals surface area contributed by atoms with Crippen molar-refractivity contribution in [3.8, 4) is 5.69 Å².